The Morgan fingerprint density at radius 3 is 2.79 bits per heavy atom. The molecule has 4 heterocycles. The maximum atomic E-state index is 16.6. The average Bonchev–Trinajstić information content (AvgIpc) is 3.68. The van der Waals surface area contributed by atoms with Crippen molar-refractivity contribution in [1.82, 2.24) is 14.8 Å². The zero-order valence-electron chi connectivity index (χ0n) is 23.9. The van der Waals surface area contributed by atoms with Crippen molar-refractivity contribution >= 4 is 43.9 Å². The molecule has 2 aromatic heterocycles. The van der Waals surface area contributed by atoms with E-state index >= 15 is 4.39 Å². The van der Waals surface area contributed by atoms with Crippen LogP contribution in [0.15, 0.2) is 54.4 Å². The first-order valence-electron chi connectivity index (χ1n) is 14.4. The van der Waals surface area contributed by atoms with Crippen molar-refractivity contribution in [3.05, 3.63) is 65.8 Å². The second-order valence-electron chi connectivity index (χ2n) is 11.0. The normalized spacial score (nSPS) is 19.0. The van der Waals surface area contributed by atoms with Gasteiger partial charge in [0.15, 0.2) is 5.82 Å². The third-order valence-electron chi connectivity index (χ3n) is 8.58. The van der Waals surface area contributed by atoms with E-state index in [9.17, 15) is 15.3 Å². The topological polar surface area (TPSA) is 96.5 Å². The number of hydrogen-bond donors (Lipinski definition) is 0. The Hall–Kier alpha value is -4.51. The Balaban J connectivity index is 1.50. The Bertz CT molecular complexity index is 1810. The number of halogens is 1. The summed E-state index contributed by atoms with van der Waals surface area (Å²) in [6, 6.07) is 15.6. The molecule has 43 heavy (non-hydrogen) atoms. The molecule has 0 spiro atoms. The second-order valence-corrected chi connectivity index (χ2v) is 11.9. The number of aromatic nitrogens is 1. The van der Waals surface area contributed by atoms with Crippen LogP contribution < -0.4 is 9.64 Å². The lowest BCUT2D eigenvalue weighted by atomic mass is 9.98. The summed E-state index contributed by atoms with van der Waals surface area (Å²) < 4.78 is 23.9. The molecule has 2 fully saturated rings. The van der Waals surface area contributed by atoms with Crippen LogP contribution in [-0.4, -0.2) is 72.6 Å². The maximum Gasteiger partial charge on any atom is 0.246 e. The number of piperazine rings is 1. The largest absolute Gasteiger partial charge is 0.475 e. The predicted octanol–water partition coefficient (Wildman–Crippen LogP) is 5.72. The summed E-state index contributed by atoms with van der Waals surface area (Å²) in [5.41, 5.74) is 2.06. The molecule has 218 valence electrons. The number of fused-ring (bicyclic) bond motifs is 2. The third kappa shape index (κ3) is 5.18. The molecule has 2 saturated heterocycles. The van der Waals surface area contributed by atoms with Crippen LogP contribution in [0.1, 0.15) is 24.8 Å². The molecule has 0 aliphatic carbocycles. The molecular formula is C33H31FN6O2S. The minimum absolute atomic E-state index is 0.0945. The number of hydrogen-bond acceptors (Lipinski definition) is 8. The molecule has 0 saturated carbocycles. The molecule has 0 N–H and O–H groups in total. The quantitative estimate of drug-likeness (QED) is 0.253. The predicted molar refractivity (Wildman–Crippen MR) is 167 cm³/mol. The lowest BCUT2D eigenvalue weighted by Crippen LogP contribution is -2.55. The van der Waals surface area contributed by atoms with E-state index in [0.717, 1.165) is 35.0 Å². The molecule has 0 radical (unpaired) electrons. The lowest BCUT2D eigenvalue weighted by Gasteiger charge is -2.42. The molecule has 4 aromatic rings. The summed E-state index contributed by atoms with van der Waals surface area (Å²) in [5.74, 6) is -0.638. The fraction of sp³-hybridized carbons (Fsp3) is 0.333. The fourth-order valence-corrected chi connectivity index (χ4v) is 7.24. The van der Waals surface area contributed by atoms with Gasteiger partial charge in [0, 0.05) is 46.9 Å². The van der Waals surface area contributed by atoms with Crippen LogP contribution in [0.25, 0.3) is 32.1 Å². The van der Waals surface area contributed by atoms with Crippen LogP contribution in [-0.2, 0) is 4.79 Å². The monoisotopic (exact) mass is 594 g/mol. The number of nitrogens with zero attached hydrogens (tertiary/aromatic N) is 6. The van der Waals surface area contributed by atoms with E-state index in [4.69, 9.17) is 4.74 Å². The molecule has 2 aliphatic heterocycles. The number of likely N-dealkylation sites (N-methyl/N-ethyl adjacent to an activating group) is 1. The smallest absolute Gasteiger partial charge is 0.246 e. The Morgan fingerprint density at radius 2 is 2.05 bits per heavy atom. The molecule has 8 nitrogen and oxygen atoms in total. The molecule has 1 amide bonds. The minimum Gasteiger partial charge on any atom is -0.475 e. The first kappa shape index (κ1) is 28.6. The maximum absolute atomic E-state index is 16.6. The van der Waals surface area contributed by atoms with Crippen LogP contribution in [0.4, 0.5) is 10.1 Å². The van der Waals surface area contributed by atoms with Gasteiger partial charge in [0.05, 0.1) is 24.2 Å². The van der Waals surface area contributed by atoms with Gasteiger partial charge in [-0.1, -0.05) is 30.8 Å². The first-order chi connectivity index (χ1) is 20.9. The summed E-state index contributed by atoms with van der Waals surface area (Å²) >= 11 is 1.56. The van der Waals surface area contributed by atoms with E-state index in [-0.39, 0.29) is 35.3 Å². The average molecular weight is 595 g/mol. The van der Waals surface area contributed by atoms with Gasteiger partial charge in [-0.15, -0.1) is 11.3 Å². The van der Waals surface area contributed by atoms with Crippen LogP contribution >= 0.6 is 11.3 Å². The number of amides is 1. The highest BCUT2D eigenvalue weighted by atomic mass is 32.1. The SMILES string of the molecule is C=CC(=O)N1CCN(c2c(C#N)c(OC[C@@H]3CCCN3C)nc3c(F)c(-c4cccc5ccsc45)ccc23)C[C@@H]1CC#N. The van der Waals surface area contributed by atoms with E-state index in [2.05, 4.69) is 28.6 Å². The van der Waals surface area contributed by atoms with Gasteiger partial charge in [-0.05, 0) is 55.4 Å². The number of pyridine rings is 1. The number of ether oxygens (including phenoxy) is 1. The summed E-state index contributed by atoms with van der Waals surface area (Å²) in [7, 11) is 2.04. The first-order valence-corrected chi connectivity index (χ1v) is 15.2. The van der Waals surface area contributed by atoms with Gasteiger partial charge < -0.3 is 19.4 Å². The Labute approximate surface area is 253 Å². The number of benzene rings is 2. The van der Waals surface area contributed by atoms with Crippen molar-refractivity contribution in [2.45, 2.75) is 31.3 Å². The standard InChI is InChI=1S/C33H31FN6O2S/c1-3-28(41)40-16-15-39(19-22(40)11-13-35)31-26-10-9-24(25-8-4-6-21-12-17-43-32(21)25)29(34)30(26)37-33(27(31)18-36)42-20-23-7-5-14-38(23)2/h3-4,6,8-10,12,17,22-23H,1,5,7,11,14-16,19-20H2,2H3/t22-,23-/m0/s1. The van der Waals surface area contributed by atoms with Crippen molar-refractivity contribution in [3.63, 3.8) is 0 Å². The molecular weight excluding hydrogens is 563 g/mol. The van der Waals surface area contributed by atoms with Crippen LogP contribution in [0.3, 0.4) is 0 Å². The van der Waals surface area contributed by atoms with Crippen LogP contribution in [0.5, 0.6) is 5.88 Å². The molecule has 2 atom stereocenters. The van der Waals surface area contributed by atoms with E-state index in [1.54, 1.807) is 22.3 Å². The molecule has 0 bridgehead atoms. The molecule has 0 unspecified atom stereocenters. The summed E-state index contributed by atoms with van der Waals surface area (Å²) in [6.07, 6.45) is 3.39. The summed E-state index contributed by atoms with van der Waals surface area (Å²) in [5, 5.41) is 23.5. The van der Waals surface area contributed by atoms with Gasteiger partial charge in [0.25, 0.3) is 0 Å². The number of nitriles is 2. The van der Waals surface area contributed by atoms with Gasteiger partial charge in [-0.25, -0.2) is 9.37 Å². The zero-order chi connectivity index (χ0) is 30.1. The number of carbonyl (C=O) groups excluding carboxylic acids is 1. The van der Waals surface area contributed by atoms with Gasteiger partial charge in [-0.2, -0.15) is 10.5 Å². The van der Waals surface area contributed by atoms with Crippen molar-refractivity contribution in [3.8, 4) is 29.1 Å². The minimum atomic E-state index is -0.485. The second kappa shape index (κ2) is 12.0. The van der Waals surface area contributed by atoms with E-state index in [1.165, 1.54) is 6.08 Å². The van der Waals surface area contributed by atoms with Gasteiger partial charge in [0.2, 0.25) is 11.8 Å². The van der Waals surface area contributed by atoms with Gasteiger partial charge in [0.1, 0.15) is 23.8 Å². The zero-order valence-corrected chi connectivity index (χ0v) is 24.7. The van der Waals surface area contributed by atoms with Gasteiger partial charge in [-0.3, -0.25) is 4.79 Å². The van der Waals surface area contributed by atoms with Crippen molar-refractivity contribution in [2.24, 2.45) is 0 Å². The lowest BCUT2D eigenvalue weighted by molar-refractivity contribution is -0.128. The highest BCUT2D eigenvalue weighted by molar-refractivity contribution is 7.17. The van der Waals surface area contributed by atoms with Crippen molar-refractivity contribution < 1.29 is 13.9 Å². The number of carbonyl (C=O) groups is 1. The van der Waals surface area contributed by atoms with Crippen LogP contribution in [0.2, 0.25) is 0 Å². The van der Waals surface area contributed by atoms with Gasteiger partial charge >= 0.3 is 0 Å². The number of anilines is 1. The Morgan fingerprint density at radius 1 is 1.19 bits per heavy atom. The molecule has 2 aromatic carbocycles. The molecule has 6 rings (SSSR count). The van der Waals surface area contributed by atoms with E-state index < -0.39 is 11.9 Å². The Kier molecular flexibility index (Phi) is 7.98. The van der Waals surface area contributed by atoms with E-state index in [0.29, 0.717) is 42.9 Å². The number of thiophene rings is 1. The van der Waals surface area contributed by atoms with Crippen LogP contribution in [0, 0.1) is 28.5 Å². The molecule has 2 aliphatic rings. The fourth-order valence-electron chi connectivity index (χ4n) is 6.32. The summed E-state index contributed by atoms with van der Waals surface area (Å²) in [6.45, 7) is 5.91. The summed E-state index contributed by atoms with van der Waals surface area (Å²) in [4.78, 5) is 23.0. The number of rotatable bonds is 7. The third-order valence-corrected chi connectivity index (χ3v) is 9.55. The van der Waals surface area contributed by atoms with Crippen molar-refractivity contribution in [2.75, 3.05) is 44.7 Å². The van der Waals surface area contributed by atoms with E-state index in [1.807, 2.05) is 47.7 Å². The number of likely N-dealkylation sites (tertiary alicyclic amines) is 1. The van der Waals surface area contributed by atoms with Crippen molar-refractivity contribution in [1.29, 1.82) is 10.5 Å². The highest BCUT2D eigenvalue weighted by Gasteiger charge is 2.33. The highest BCUT2D eigenvalue weighted by Crippen LogP contribution is 2.41. The molecule has 10 heteroatoms.